The summed E-state index contributed by atoms with van der Waals surface area (Å²) in [6.45, 7) is 2.78. The van der Waals surface area contributed by atoms with Crippen molar-refractivity contribution in [1.29, 1.82) is 0 Å². The van der Waals surface area contributed by atoms with Crippen molar-refractivity contribution in [1.82, 2.24) is 4.90 Å². The van der Waals surface area contributed by atoms with E-state index in [2.05, 4.69) is 0 Å². The molecule has 2 unspecified atom stereocenters. The zero-order valence-electron chi connectivity index (χ0n) is 16.8. The van der Waals surface area contributed by atoms with Crippen LogP contribution in [0.1, 0.15) is 32.6 Å². The lowest BCUT2D eigenvalue weighted by Crippen LogP contribution is -2.45. The number of amides is 2. The fourth-order valence-corrected chi connectivity index (χ4v) is 5.93. The quantitative estimate of drug-likeness (QED) is 0.647. The first-order valence-corrected chi connectivity index (χ1v) is 12.1. The Bertz CT molecular complexity index is 889. The topological polar surface area (TPSA) is 84.0 Å². The van der Waals surface area contributed by atoms with Gasteiger partial charge in [-0.05, 0) is 31.0 Å². The van der Waals surface area contributed by atoms with Gasteiger partial charge in [-0.15, -0.1) is 0 Å². The van der Waals surface area contributed by atoms with E-state index in [1.807, 2.05) is 6.92 Å². The zero-order valence-corrected chi connectivity index (χ0v) is 18.3. The van der Waals surface area contributed by atoms with Crippen LogP contribution in [0.25, 0.3) is 0 Å². The average Bonchev–Trinajstić information content (AvgIpc) is 3.24. The fourth-order valence-electron chi connectivity index (χ4n) is 4.04. The molecule has 3 rings (SSSR count). The Morgan fingerprint density at radius 1 is 1.38 bits per heavy atom. The number of hydrogen-bond acceptors (Lipinski definition) is 5. The van der Waals surface area contributed by atoms with Crippen LogP contribution in [0.4, 0.5) is 5.69 Å². The second-order valence-electron chi connectivity index (χ2n) is 7.66. The third-order valence-electron chi connectivity index (χ3n) is 5.59. The first-order chi connectivity index (χ1) is 13.8. The van der Waals surface area contributed by atoms with Crippen LogP contribution in [-0.4, -0.2) is 62.9 Å². The summed E-state index contributed by atoms with van der Waals surface area (Å²) in [7, 11) is -1.59. The summed E-state index contributed by atoms with van der Waals surface area (Å²) in [4.78, 5) is 29.2. The van der Waals surface area contributed by atoms with E-state index in [9.17, 15) is 18.0 Å². The number of rotatable bonds is 7. The molecule has 0 radical (unpaired) electrons. The number of ether oxygens (including phenoxy) is 1. The molecule has 2 saturated heterocycles. The third-order valence-corrected chi connectivity index (χ3v) is 7.58. The van der Waals surface area contributed by atoms with E-state index in [1.54, 1.807) is 23.1 Å². The zero-order chi connectivity index (χ0) is 21.2. The van der Waals surface area contributed by atoms with Crippen LogP contribution >= 0.6 is 11.6 Å². The summed E-state index contributed by atoms with van der Waals surface area (Å²) < 4.78 is 29.2. The number of anilines is 1. The molecule has 2 atom stereocenters. The Morgan fingerprint density at radius 2 is 2.14 bits per heavy atom. The molecule has 1 aromatic carbocycles. The Kier molecular flexibility index (Phi) is 6.73. The molecule has 160 valence electrons. The van der Waals surface area contributed by atoms with Crippen LogP contribution < -0.4 is 9.64 Å². The SMILES string of the molecule is CCCCN(C(=O)C1CC(=O)N(c2cc(Cl)ccc2OC)C1)C1CCS(=O)(=O)C1. The molecule has 0 bridgehead atoms. The molecule has 0 saturated carbocycles. The van der Waals surface area contributed by atoms with Crippen molar-refractivity contribution in [2.24, 2.45) is 5.92 Å². The second kappa shape index (κ2) is 8.92. The van der Waals surface area contributed by atoms with E-state index in [0.29, 0.717) is 29.4 Å². The lowest BCUT2D eigenvalue weighted by Gasteiger charge is -2.30. The van der Waals surface area contributed by atoms with Crippen LogP contribution in [0.15, 0.2) is 18.2 Å². The molecule has 0 aromatic heterocycles. The number of nitrogens with zero attached hydrogens (tertiary/aromatic N) is 2. The molecule has 0 aliphatic carbocycles. The molecular formula is C20H27ClN2O5S. The first-order valence-electron chi connectivity index (χ1n) is 9.90. The molecule has 2 heterocycles. The number of methoxy groups -OCH3 is 1. The Balaban J connectivity index is 1.80. The van der Waals surface area contributed by atoms with Crippen LogP contribution in [0, 0.1) is 5.92 Å². The van der Waals surface area contributed by atoms with Gasteiger partial charge in [0.2, 0.25) is 11.8 Å². The molecule has 0 N–H and O–H groups in total. The Hall–Kier alpha value is -1.80. The van der Waals surface area contributed by atoms with Gasteiger partial charge in [0, 0.05) is 30.6 Å². The molecule has 1 aromatic rings. The lowest BCUT2D eigenvalue weighted by atomic mass is 10.0. The fraction of sp³-hybridized carbons (Fsp3) is 0.600. The van der Waals surface area contributed by atoms with Gasteiger partial charge in [-0.25, -0.2) is 8.42 Å². The predicted octanol–water partition coefficient (Wildman–Crippen LogP) is 2.52. The van der Waals surface area contributed by atoms with Gasteiger partial charge in [-0.1, -0.05) is 24.9 Å². The number of benzene rings is 1. The van der Waals surface area contributed by atoms with Gasteiger partial charge in [0.05, 0.1) is 30.2 Å². The Morgan fingerprint density at radius 3 is 2.76 bits per heavy atom. The highest BCUT2D eigenvalue weighted by atomic mass is 35.5. The minimum atomic E-state index is -3.10. The van der Waals surface area contributed by atoms with E-state index in [1.165, 1.54) is 12.0 Å². The number of halogens is 1. The van der Waals surface area contributed by atoms with Gasteiger partial charge in [0.15, 0.2) is 9.84 Å². The minimum Gasteiger partial charge on any atom is -0.495 e. The highest BCUT2D eigenvalue weighted by Gasteiger charge is 2.41. The van der Waals surface area contributed by atoms with Gasteiger partial charge in [0.1, 0.15) is 5.75 Å². The number of hydrogen-bond donors (Lipinski definition) is 0. The molecule has 9 heteroatoms. The number of sulfone groups is 1. The smallest absolute Gasteiger partial charge is 0.228 e. The van der Waals surface area contributed by atoms with Gasteiger partial charge in [0.25, 0.3) is 0 Å². The molecular weight excluding hydrogens is 416 g/mol. The standard InChI is InChI=1S/C20H27ClN2O5S/c1-3-4-8-22(16-7-9-29(26,27)13-16)20(25)14-10-19(24)23(12-14)17-11-15(21)5-6-18(17)28-2/h5-6,11,14,16H,3-4,7-10,12-13H2,1-2H3. The van der Waals surface area contributed by atoms with Crippen LogP contribution in [-0.2, 0) is 19.4 Å². The second-order valence-corrected chi connectivity index (χ2v) is 10.3. The maximum atomic E-state index is 13.3. The monoisotopic (exact) mass is 442 g/mol. The van der Waals surface area contributed by atoms with Crippen molar-refractivity contribution in [3.8, 4) is 5.75 Å². The molecule has 2 aliphatic heterocycles. The maximum Gasteiger partial charge on any atom is 0.228 e. The van der Waals surface area contributed by atoms with Gasteiger partial charge < -0.3 is 14.5 Å². The van der Waals surface area contributed by atoms with E-state index in [-0.39, 0.29) is 42.3 Å². The van der Waals surface area contributed by atoms with Crippen molar-refractivity contribution >= 4 is 38.9 Å². The van der Waals surface area contributed by atoms with Crippen molar-refractivity contribution in [3.05, 3.63) is 23.2 Å². The summed E-state index contributed by atoms with van der Waals surface area (Å²) in [5, 5.41) is 0.476. The van der Waals surface area contributed by atoms with Crippen LogP contribution in [0.3, 0.4) is 0 Å². The van der Waals surface area contributed by atoms with E-state index < -0.39 is 15.8 Å². The number of carbonyl (C=O) groups excluding carboxylic acids is 2. The Labute approximate surface area is 176 Å². The normalized spacial score (nSPS) is 23.4. The first kappa shape index (κ1) is 21.9. The van der Waals surface area contributed by atoms with E-state index in [4.69, 9.17) is 16.3 Å². The summed E-state index contributed by atoms with van der Waals surface area (Å²) in [5.74, 6) is -0.180. The summed E-state index contributed by atoms with van der Waals surface area (Å²) >= 11 is 6.09. The van der Waals surface area contributed by atoms with E-state index in [0.717, 1.165) is 12.8 Å². The molecule has 29 heavy (non-hydrogen) atoms. The molecule has 2 aliphatic rings. The summed E-state index contributed by atoms with van der Waals surface area (Å²) in [6.07, 6.45) is 2.26. The van der Waals surface area contributed by atoms with E-state index >= 15 is 0 Å². The molecule has 2 fully saturated rings. The largest absolute Gasteiger partial charge is 0.495 e. The summed E-state index contributed by atoms with van der Waals surface area (Å²) in [6, 6.07) is 4.73. The van der Waals surface area contributed by atoms with Crippen molar-refractivity contribution in [3.63, 3.8) is 0 Å². The molecule has 7 nitrogen and oxygen atoms in total. The predicted molar refractivity (Wildman–Crippen MR) is 112 cm³/mol. The van der Waals surface area contributed by atoms with Crippen molar-refractivity contribution in [2.45, 2.75) is 38.6 Å². The highest BCUT2D eigenvalue weighted by Crippen LogP contribution is 2.36. The van der Waals surface area contributed by atoms with Crippen molar-refractivity contribution in [2.75, 3.05) is 36.6 Å². The van der Waals surface area contributed by atoms with Crippen molar-refractivity contribution < 1.29 is 22.7 Å². The van der Waals surface area contributed by atoms with Gasteiger partial charge in [-0.2, -0.15) is 0 Å². The third kappa shape index (κ3) is 4.86. The number of carbonyl (C=O) groups is 2. The average molecular weight is 443 g/mol. The molecule has 2 amide bonds. The number of unbranched alkanes of at least 4 members (excludes halogenated alkanes) is 1. The minimum absolute atomic E-state index is 0.00888. The van der Waals surface area contributed by atoms with Crippen LogP contribution in [0.5, 0.6) is 5.75 Å². The maximum absolute atomic E-state index is 13.3. The van der Waals surface area contributed by atoms with Gasteiger partial charge >= 0.3 is 0 Å². The lowest BCUT2D eigenvalue weighted by molar-refractivity contribution is -0.137. The van der Waals surface area contributed by atoms with Crippen LogP contribution in [0.2, 0.25) is 5.02 Å². The highest BCUT2D eigenvalue weighted by molar-refractivity contribution is 7.91. The molecule has 0 spiro atoms. The van der Waals surface area contributed by atoms with Gasteiger partial charge in [-0.3, -0.25) is 9.59 Å². The summed E-state index contributed by atoms with van der Waals surface area (Å²) in [5.41, 5.74) is 0.545.